The van der Waals surface area contributed by atoms with Crippen LogP contribution in [-0.4, -0.2) is 27.9 Å². The van der Waals surface area contributed by atoms with E-state index in [1.54, 1.807) is 7.05 Å². The van der Waals surface area contributed by atoms with Crippen LogP contribution in [0.25, 0.3) is 0 Å². The quantitative estimate of drug-likeness (QED) is 0.587. The minimum Gasteiger partial charge on any atom is -0.361 e. The number of nitrogens with one attached hydrogen (secondary N) is 2. The van der Waals surface area contributed by atoms with Crippen molar-refractivity contribution in [3.8, 4) is 0 Å². The average molecular weight is 358 g/mol. The molecule has 1 aliphatic rings. The van der Waals surface area contributed by atoms with Crippen LogP contribution in [0.3, 0.4) is 0 Å². The van der Waals surface area contributed by atoms with Crippen molar-refractivity contribution in [1.82, 2.24) is 25.6 Å². The third-order valence-electron chi connectivity index (χ3n) is 5.06. The lowest BCUT2D eigenvalue weighted by molar-refractivity contribution is 0.380. The summed E-state index contributed by atoms with van der Waals surface area (Å²) in [4.78, 5) is 4.31. The smallest absolute Gasteiger partial charge is 0.191 e. The van der Waals surface area contributed by atoms with Gasteiger partial charge in [0, 0.05) is 31.8 Å². The molecule has 0 aliphatic heterocycles. The molecule has 1 saturated carbocycles. The zero-order valence-electron chi connectivity index (χ0n) is 16.1. The van der Waals surface area contributed by atoms with Crippen LogP contribution in [0.4, 0.5) is 0 Å². The summed E-state index contributed by atoms with van der Waals surface area (Å²) in [6.07, 6.45) is 8.93. The number of hydrogen-bond donors (Lipinski definition) is 2. The highest BCUT2D eigenvalue weighted by Crippen LogP contribution is 2.28. The maximum absolute atomic E-state index is 5.42. The molecule has 0 spiro atoms. The van der Waals surface area contributed by atoms with Crippen LogP contribution >= 0.6 is 0 Å². The Morgan fingerprint density at radius 2 is 2.00 bits per heavy atom. The highest BCUT2D eigenvalue weighted by atomic mass is 16.5. The van der Waals surface area contributed by atoms with Crippen LogP contribution in [-0.2, 0) is 25.9 Å². The van der Waals surface area contributed by atoms with Gasteiger partial charge >= 0.3 is 0 Å². The Morgan fingerprint density at radius 1 is 1.23 bits per heavy atom. The molecule has 0 amide bonds. The summed E-state index contributed by atoms with van der Waals surface area (Å²) in [5, 5.41) is 15.6. The predicted molar refractivity (Wildman–Crippen MR) is 102 cm³/mol. The molecule has 7 heteroatoms. The van der Waals surface area contributed by atoms with Crippen molar-refractivity contribution >= 4 is 5.96 Å². The van der Waals surface area contributed by atoms with E-state index in [1.807, 2.05) is 0 Å². The van der Waals surface area contributed by atoms with Crippen LogP contribution in [0.15, 0.2) is 21.8 Å². The van der Waals surface area contributed by atoms with E-state index in [0.717, 1.165) is 41.5 Å². The van der Waals surface area contributed by atoms with E-state index >= 15 is 0 Å². The second-order valence-corrected chi connectivity index (χ2v) is 6.74. The third-order valence-corrected chi connectivity index (χ3v) is 5.06. The molecule has 0 radical (unpaired) electrons. The van der Waals surface area contributed by atoms with E-state index in [9.17, 15) is 0 Å². The molecule has 3 rings (SSSR count). The number of aromatic nitrogens is 3. The van der Waals surface area contributed by atoms with Gasteiger partial charge in [-0.3, -0.25) is 9.67 Å². The summed E-state index contributed by atoms with van der Waals surface area (Å²) >= 11 is 0. The van der Waals surface area contributed by atoms with Gasteiger partial charge in [0.1, 0.15) is 5.76 Å². The standard InChI is InChI=1S/C19H30N6O/c1-4-17-16(18(5-2)26-24-17)13-22-19(20-3)21-12-14-10-11-25(23-14)15-8-6-7-9-15/h10-11,15H,4-9,12-13H2,1-3H3,(H2,20,21,22). The summed E-state index contributed by atoms with van der Waals surface area (Å²) in [6, 6.07) is 2.66. The van der Waals surface area contributed by atoms with Crippen molar-refractivity contribution in [3.05, 3.63) is 35.0 Å². The monoisotopic (exact) mass is 358 g/mol. The predicted octanol–water partition coefficient (Wildman–Crippen LogP) is 2.98. The molecule has 2 aromatic heterocycles. The lowest BCUT2D eigenvalue weighted by atomic mass is 10.1. The first kappa shape index (κ1) is 18.5. The van der Waals surface area contributed by atoms with E-state index in [0.29, 0.717) is 19.1 Å². The molecule has 1 aliphatic carbocycles. The second-order valence-electron chi connectivity index (χ2n) is 6.74. The van der Waals surface area contributed by atoms with E-state index < -0.39 is 0 Å². The maximum Gasteiger partial charge on any atom is 0.191 e. The first-order chi connectivity index (χ1) is 12.7. The molecule has 142 valence electrons. The van der Waals surface area contributed by atoms with Crippen molar-refractivity contribution in [3.63, 3.8) is 0 Å². The van der Waals surface area contributed by atoms with E-state index in [1.165, 1.54) is 25.7 Å². The molecule has 0 atom stereocenters. The maximum atomic E-state index is 5.42. The molecule has 0 unspecified atom stereocenters. The molecule has 2 heterocycles. The number of aryl methyl sites for hydroxylation is 2. The van der Waals surface area contributed by atoms with E-state index in [2.05, 4.69) is 51.6 Å². The largest absolute Gasteiger partial charge is 0.361 e. The van der Waals surface area contributed by atoms with Crippen LogP contribution in [0, 0.1) is 0 Å². The molecule has 26 heavy (non-hydrogen) atoms. The lowest BCUT2D eigenvalue weighted by Crippen LogP contribution is -2.36. The normalized spacial score (nSPS) is 15.6. The zero-order chi connectivity index (χ0) is 18.4. The molecule has 2 aromatic rings. The molecule has 0 bridgehead atoms. The van der Waals surface area contributed by atoms with Crippen LogP contribution < -0.4 is 10.6 Å². The minimum atomic E-state index is 0.578. The topological polar surface area (TPSA) is 80.3 Å². The molecule has 0 saturated heterocycles. The first-order valence-corrected chi connectivity index (χ1v) is 9.70. The summed E-state index contributed by atoms with van der Waals surface area (Å²) in [7, 11) is 1.78. The Bertz CT molecular complexity index is 705. The van der Waals surface area contributed by atoms with Crippen molar-refractivity contribution < 1.29 is 4.52 Å². The summed E-state index contributed by atoms with van der Waals surface area (Å²) in [6.45, 7) is 5.49. The van der Waals surface area contributed by atoms with Crippen LogP contribution in [0.5, 0.6) is 0 Å². The van der Waals surface area contributed by atoms with Gasteiger partial charge in [0.2, 0.25) is 0 Å². The zero-order valence-corrected chi connectivity index (χ0v) is 16.1. The van der Waals surface area contributed by atoms with Gasteiger partial charge in [-0.15, -0.1) is 0 Å². The number of rotatable bonds is 7. The van der Waals surface area contributed by atoms with Gasteiger partial charge in [0.05, 0.1) is 24.0 Å². The molecule has 1 fully saturated rings. The van der Waals surface area contributed by atoms with Gasteiger partial charge in [0.25, 0.3) is 0 Å². The molecule has 7 nitrogen and oxygen atoms in total. The van der Waals surface area contributed by atoms with E-state index in [-0.39, 0.29) is 0 Å². The van der Waals surface area contributed by atoms with Crippen molar-refractivity contribution in [2.75, 3.05) is 7.05 Å². The van der Waals surface area contributed by atoms with E-state index in [4.69, 9.17) is 9.62 Å². The van der Waals surface area contributed by atoms with Gasteiger partial charge in [0.15, 0.2) is 5.96 Å². The number of hydrogen-bond acceptors (Lipinski definition) is 4. The Labute approximate surface area is 155 Å². The van der Waals surface area contributed by atoms with Gasteiger partial charge in [-0.05, 0) is 25.3 Å². The SMILES string of the molecule is CCc1noc(CC)c1CNC(=NC)NCc1ccn(C2CCCC2)n1. The Morgan fingerprint density at radius 3 is 2.69 bits per heavy atom. The second kappa shape index (κ2) is 8.87. The Balaban J connectivity index is 1.53. The summed E-state index contributed by atoms with van der Waals surface area (Å²) < 4.78 is 7.54. The van der Waals surface area contributed by atoms with Crippen LogP contribution in [0.1, 0.15) is 68.3 Å². The fourth-order valence-corrected chi connectivity index (χ4v) is 3.55. The summed E-state index contributed by atoms with van der Waals surface area (Å²) in [5.41, 5.74) is 3.19. The molecular weight excluding hydrogens is 328 g/mol. The Hall–Kier alpha value is -2.31. The number of nitrogens with zero attached hydrogens (tertiary/aromatic N) is 4. The fourth-order valence-electron chi connectivity index (χ4n) is 3.55. The third kappa shape index (κ3) is 4.26. The van der Waals surface area contributed by atoms with Crippen molar-refractivity contribution in [1.29, 1.82) is 0 Å². The van der Waals surface area contributed by atoms with Crippen LogP contribution in [0.2, 0.25) is 0 Å². The number of aliphatic imine (C=N–C) groups is 1. The number of guanidine groups is 1. The molecule has 0 aromatic carbocycles. The summed E-state index contributed by atoms with van der Waals surface area (Å²) in [5.74, 6) is 1.70. The molecule has 2 N–H and O–H groups in total. The highest BCUT2D eigenvalue weighted by Gasteiger charge is 2.17. The van der Waals surface area contributed by atoms with Crippen molar-refractivity contribution in [2.24, 2.45) is 4.99 Å². The van der Waals surface area contributed by atoms with Gasteiger partial charge in [-0.2, -0.15) is 5.10 Å². The lowest BCUT2D eigenvalue weighted by Gasteiger charge is -2.12. The van der Waals surface area contributed by atoms with Gasteiger partial charge in [-0.1, -0.05) is 31.8 Å². The Kier molecular flexibility index (Phi) is 6.30. The van der Waals surface area contributed by atoms with Gasteiger partial charge < -0.3 is 15.2 Å². The fraction of sp³-hybridized carbons (Fsp3) is 0.632. The minimum absolute atomic E-state index is 0.578. The molecular formula is C19H30N6O. The van der Waals surface area contributed by atoms with Crippen molar-refractivity contribution in [2.45, 2.75) is 71.5 Å². The first-order valence-electron chi connectivity index (χ1n) is 9.70. The average Bonchev–Trinajstić information content (AvgIpc) is 3.41. The highest BCUT2D eigenvalue weighted by molar-refractivity contribution is 5.79. The van der Waals surface area contributed by atoms with Gasteiger partial charge in [-0.25, -0.2) is 0 Å².